The van der Waals surface area contributed by atoms with E-state index in [4.69, 9.17) is 11.6 Å². The minimum absolute atomic E-state index is 0.0739. The molecule has 0 aliphatic carbocycles. The molecule has 6 nitrogen and oxygen atoms in total. The summed E-state index contributed by atoms with van der Waals surface area (Å²) in [6, 6.07) is 4.21. The van der Waals surface area contributed by atoms with Crippen molar-refractivity contribution in [2.24, 2.45) is 0 Å². The predicted molar refractivity (Wildman–Crippen MR) is 102 cm³/mol. The molecule has 1 saturated heterocycles. The average Bonchev–Trinajstić information content (AvgIpc) is 3.06. The fraction of sp³-hybridized carbons (Fsp3) is 0.316. The van der Waals surface area contributed by atoms with Gasteiger partial charge in [0.1, 0.15) is 17.7 Å². The number of hydrazine groups is 1. The predicted octanol–water partition coefficient (Wildman–Crippen LogP) is 3.86. The van der Waals surface area contributed by atoms with Crippen LogP contribution < -0.4 is 15.3 Å². The minimum Gasteiger partial charge on any atom is -0.311 e. The molecule has 1 aliphatic rings. The van der Waals surface area contributed by atoms with Crippen molar-refractivity contribution in [3.8, 4) is 0 Å². The van der Waals surface area contributed by atoms with E-state index in [2.05, 4.69) is 10.4 Å². The Bertz CT molecular complexity index is 999. The molecule has 0 spiro atoms. The number of nitrogens with one attached hydrogen (secondary N) is 1. The van der Waals surface area contributed by atoms with E-state index in [0.29, 0.717) is 5.69 Å². The number of hydrogen-bond donors (Lipinski definition) is 1. The number of aryl methyl sites for hydroxylation is 1. The lowest BCUT2D eigenvalue weighted by Crippen LogP contribution is -2.49. The molecule has 0 radical (unpaired) electrons. The second-order valence-electron chi connectivity index (χ2n) is 6.66. The maximum Gasteiger partial charge on any atom is 0.416 e. The lowest BCUT2D eigenvalue weighted by atomic mass is 10.1. The number of aromatic nitrogens is 1. The molecule has 2 heterocycles. The van der Waals surface area contributed by atoms with Gasteiger partial charge >= 0.3 is 6.18 Å². The summed E-state index contributed by atoms with van der Waals surface area (Å²) in [4.78, 5) is 30.5. The highest BCUT2D eigenvalue weighted by molar-refractivity contribution is 6.31. The second kappa shape index (κ2) is 8.10. The van der Waals surface area contributed by atoms with Crippen LogP contribution in [-0.2, 0) is 15.8 Å². The lowest BCUT2D eigenvalue weighted by Gasteiger charge is -2.29. The van der Waals surface area contributed by atoms with Crippen molar-refractivity contribution in [2.45, 2.75) is 32.5 Å². The van der Waals surface area contributed by atoms with Gasteiger partial charge in [-0.2, -0.15) is 13.2 Å². The Balaban J connectivity index is 1.98. The minimum atomic E-state index is -4.62. The van der Waals surface area contributed by atoms with Crippen LogP contribution in [0.3, 0.4) is 0 Å². The van der Waals surface area contributed by atoms with Gasteiger partial charge in [-0.05, 0) is 44.2 Å². The fourth-order valence-corrected chi connectivity index (χ4v) is 3.35. The molecule has 0 saturated carbocycles. The molecular weight excluding hydrogens is 428 g/mol. The number of nitrogens with zero attached hydrogens (tertiary/aromatic N) is 3. The quantitative estimate of drug-likeness (QED) is 0.727. The standard InChI is InChI=1S/C19H17ClF4N4O2/c1-3-27(12-4-5-14(21)13(20)8-12)18(30)15-9-17(29)26-28(15)16-7-11(19(22,23)24)6-10(2)25-16/h4-8,15H,3,9H2,1-2H3,(H,26,29). The number of rotatable bonds is 4. The summed E-state index contributed by atoms with van der Waals surface area (Å²) in [5, 5.41) is 0.840. The first-order chi connectivity index (χ1) is 14.0. The molecule has 11 heteroatoms. The smallest absolute Gasteiger partial charge is 0.311 e. The molecular formula is C19H17ClF4N4O2. The zero-order valence-corrected chi connectivity index (χ0v) is 16.7. The van der Waals surface area contributed by atoms with Gasteiger partial charge in [-0.1, -0.05) is 11.6 Å². The fourth-order valence-electron chi connectivity index (χ4n) is 3.18. The van der Waals surface area contributed by atoms with Gasteiger partial charge in [-0.15, -0.1) is 0 Å². The number of benzene rings is 1. The first kappa shape index (κ1) is 21.8. The monoisotopic (exact) mass is 444 g/mol. The van der Waals surface area contributed by atoms with Crippen LogP contribution in [0.15, 0.2) is 30.3 Å². The molecule has 0 bridgehead atoms. The maximum absolute atomic E-state index is 13.5. The number of pyridine rings is 1. The van der Waals surface area contributed by atoms with Gasteiger partial charge in [-0.3, -0.25) is 20.0 Å². The Kier molecular flexibility index (Phi) is 5.89. The van der Waals surface area contributed by atoms with Crippen molar-refractivity contribution < 1.29 is 27.2 Å². The number of carbonyl (C=O) groups excluding carboxylic acids is 2. The number of amides is 2. The molecule has 160 valence electrons. The first-order valence-corrected chi connectivity index (χ1v) is 9.30. The molecule has 1 unspecified atom stereocenters. The van der Waals surface area contributed by atoms with E-state index in [1.54, 1.807) is 6.92 Å². The van der Waals surface area contributed by atoms with E-state index in [1.165, 1.54) is 24.0 Å². The van der Waals surface area contributed by atoms with Crippen LogP contribution in [0, 0.1) is 12.7 Å². The Morgan fingerprint density at radius 1 is 1.33 bits per heavy atom. The molecule has 1 N–H and O–H groups in total. The SMILES string of the molecule is CCN(C(=O)C1CC(=O)NN1c1cc(C(F)(F)F)cc(C)n1)c1ccc(F)c(Cl)c1. The maximum atomic E-state index is 13.5. The van der Waals surface area contributed by atoms with Crippen molar-refractivity contribution in [3.63, 3.8) is 0 Å². The topological polar surface area (TPSA) is 65.5 Å². The summed E-state index contributed by atoms with van der Waals surface area (Å²) in [5.41, 5.74) is 1.81. The zero-order valence-electron chi connectivity index (χ0n) is 15.9. The lowest BCUT2D eigenvalue weighted by molar-refractivity contribution is -0.137. The number of likely N-dealkylation sites (N-methyl/N-ethyl adjacent to an activating group) is 1. The normalized spacial score (nSPS) is 16.6. The summed E-state index contributed by atoms with van der Waals surface area (Å²) >= 11 is 5.80. The van der Waals surface area contributed by atoms with Gasteiger partial charge in [0.15, 0.2) is 0 Å². The van der Waals surface area contributed by atoms with E-state index < -0.39 is 35.4 Å². The van der Waals surface area contributed by atoms with Crippen LogP contribution in [0.1, 0.15) is 24.6 Å². The molecule has 1 aromatic heterocycles. The zero-order chi connectivity index (χ0) is 22.2. The first-order valence-electron chi connectivity index (χ1n) is 8.92. The third kappa shape index (κ3) is 4.33. The summed E-state index contributed by atoms with van der Waals surface area (Å²) in [6.07, 6.45) is -4.90. The number of halogens is 5. The van der Waals surface area contributed by atoms with Crippen molar-refractivity contribution in [3.05, 3.63) is 52.4 Å². The van der Waals surface area contributed by atoms with E-state index in [0.717, 1.165) is 23.2 Å². The third-order valence-corrected chi connectivity index (χ3v) is 4.82. The molecule has 3 rings (SSSR count). The Labute approximate surface area is 174 Å². The highest BCUT2D eigenvalue weighted by Crippen LogP contribution is 2.33. The number of carbonyl (C=O) groups is 2. The van der Waals surface area contributed by atoms with Crippen molar-refractivity contribution in [1.29, 1.82) is 0 Å². The highest BCUT2D eigenvalue weighted by Gasteiger charge is 2.40. The van der Waals surface area contributed by atoms with Crippen LogP contribution >= 0.6 is 11.6 Å². The molecule has 1 atom stereocenters. The average molecular weight is 445 g/mol. The van der Waals surface area contributed by atoms with Crippen molar-refractivity contribution in [2.75, 3.05) is 16.5 Å². The second-order valence-corrected chi connectivity index (χ2v) is 7.07. The van der Waals surface area contributed by atoms with Crippen molar-refractivity contribution in [1.82, 2.24) is 10.4 Å². The van der Waals surface area contributed by atoms with Crippen LogP contribution in [0.25, 0.3) is 0 Å². The van der Waals surface area contributed by atoms with Crippen LogP contribution in [0.2, 0.25) is 5.02 Å². The van der Waals surface area contributed by atoms with Crippen molar-refractivity contribution >= 4 is 34.9 Å². The summed E-state index contributed by atoms with van der Waals surface area (Å²) < 4.78 is 53.0. The molecule has 1 aliphatic heterocycles. The van der Waals surface area contributed by atoms with Gasteiger partial charge < -0.3 is 4.90 Å². The summed E-state index contributed by atoms with van der Waals surface area (Å²) in [6.45, 7) is 3.21. The largest absolute Gasteiger partial charge is 0.416 e. The van der Waals surface area contributed by atoms with Gasteiger partial charge in [0.2, 0.25) is 5.91 Å². The third-order valence-electron chi connectivity index (χ3n) is 4.53. The van der Waals surface area contributed by atoms with Gasteiger partial charge in [0.05, 0.1) is 17.0 Å². The van der Waals surface area contributed by atoms with E-state index >= 15 is 0 Å². The van der Waals surface area contributed by atoms with Crippen LogP contribution in [0.5, 0.6) is 0 Å². The van der Waals surface area contributed by atoms with E-state index in [1.807, 2.05) is 0 Å². The molecule has 2 aromatic rings. The Morgan fingerprint density at radius 2 is 2.03 bits per heavy atom. The molecule has 1 fully saturated rings. The highest BCUT2D eigenvalue weighted by atomic mass is 35.5. The molecule has 30 heavy (non-hydrogen) atoms. The van der Waals surface area contributed by atoms with Gasteiger partial charge in [0.25, 0.3) is 5.91 Å². The molecule has 2 amide bonds. The number of anilines is 2. The van der Waals surface area contributed by atoms with Gasteiger partial charge in [-0.25, -0.2) is 9.37 Å². The van der Waals surface area contributed by atoms with E-state index in [9.17, 15) is 27.2 Å². The molecule has 1 aromatic carbocycles. The van der Waals surface area contributed by atoms with E-state index in [-0.39, 0.29) is 29.5 Å². The number of alkyl halides is 3. The Hall–Kier alpha value is -2.88. The Morgan fingerprint density at radius 3 is 2.63 bits per heavy atom. The summed E-state index contributed by atoms with van der Waals surface area (Å²) in [5.74, 6) is -1.99. The van der Waals surface area contributed by atoms with Gasteiger partial charge in [0, 0.05) is 17.9 Å². The van der Waals surface area contributed by atoms with Crippen LogP contribution in [-0.4, -0.2) is 29.4 Å². The van der Waals surface area contributed by atoms with Crippen LogP contribution in [0.4, 0.5) is 29.1 Å². The number of hydrogen-bond acceptors (Lipinski definition) is 4. The summed E-state index contributed by atoms with van der Waals surface area (Å²) in [7, 11) is 0.